The molecule has 1 aliphatic rings. The van der Waals surface area contributed by atoms with Gasteiger partial charge in [-0.2, -0.15) is 0 Å². The van der Waals surface area contributed by atoms with Gasteiger partial charge in [-0.3, -0.25) is 0 Å². The van der Waals surface area contributed by atoms with E-state index in [4.69, 9.17) is 9.72 Å². The van der Waals surface area contributed by atoms with Crippen LogP contribution in [0, 0.1) is 0 Å². The standard InChI is InChI=1S/C14H24N2OS/c1-5-14(6-2,17-4)13-16-12-10(15-3)8-7-9-11(12)18-13/h10,15H,5-9H2,1-4H3. The lowest BCUT2D eigenvalue weighted by molar-refractivity contribution is -0.0220. The van der Waals surface area contributed by atoms with Crippen molar-refractivity contribution in [2.75, 3.05) is 14.2 Å². The molecule has 102 valence electrons. The summed E-state index contributed by atoms with van der Waals surface area (Å²) < 4.78 is 5.80. The van der Waals surface area contributed by atoms with Gasteiger partial charge in [0.05, 0.1) is 11.7 Å². The minimum absolute atomic E-state index is 0.180. The molecule has 1 aromatic rings. The summed E-state index contributed by atoms with van der Waals surface area (Å²) in [6.45, 7) is 4.37. The Morgan fingerprint density at radius 3 is 2.72 bits per heavy atom. The van der Waals surface area contributed by atoms with Gasteiger partial charge in [-0.1, -0.05) is 13.8 Å². The van der Waals surface area contributed by atoms with Crippen LogP contribution in [-0.2, 0) is 16.8 Å². The number of hydrogen-bond acceptors (Lipinski definition) is 4. The number of nitrogens with zero attached hydrogens (tertiary/aromatic N) is 1. The fourth-order valence-corrected chi connectivity index (χ4v) is 4.30. The van der Waals surface area contributed by atoms with E-state index in [1.807, 2.05) is 25.5 Å². The van der Waals surface area contributed by atoms with Crippen LogP contribution in [0.5, 0.6) is 0 Å². The number of ether oxygens (including phenoxy) is 1. The van der Waals surface area contributed by atoms with Gasteiger partial charge in [0, 0.05) is 12.0 Å². The topological polar surface area (TPSA) is 34.1 Å². The van der Waals surface area contributed by atoms with Crippen LogP contribution in [0.2, 0.25) is 0 Å². The van der Waals surface area contributed by atoms with Crippen LogP contribution >= 0.6 is 11.3 Å². The van der Waals surface area contributed by atoms with Gasteiger partial charge in [0.15, 0.2) is 0 Å². The molecule has 3 nitrogen and oxygen atoms in total. The molecule has 1 N–H and O–H groups in total. The lowest BCUT2D eigenvalue weighted by Gasteiger charge is -2.27. The second-order valence-corrected chi connectivity index (χ2v) is 6.05. The van der Waals surface area contributed by atoms with E-state index in [-0.39, 0.29) is 5.60 Å². The number of methoxy groups -OCH3 is 1. The zero-order valence-electron chi connectivity index (χ0n) is 11.9. The smallest absolute Gasteiger partial charge is 0.125 e. The van der Waals surface area contributed by atoms with Crippen LogP contribution in [-0.4, -0.2) is 19.1 Å². The number of aryl methyl sites for hydroxylation is 1. The van der Waals surface area contributed by atoms with Crippen molar-refractivity contribution in [2.24, 2.45) is 0 Å². The SMILES string of the molecule is CCC(CC)(OC)c1nc2c(s1)CCCC2NC. The van der Waals surface area contributed by atoms with Crippen LogP contribution in [0.4, 0.5) is 0 Å². The maximum Gasteiger partial charge on any atom is 0.125 e. The molecule has 1 unspecified atom stereocenters. The van der Waals surface area contributed by atoms with E-state index < -0.39 is 0 Å². The first-order valence-corrected chi connectivity index (χ1v) is 7.74. The molecule has 0 fully saturated rings. The first-order chi connectivity index (χ1) is 8.70. The summed E-state index contributed by atoms with van der Waals surface area (Å²) in [5.74, 6) is 0. The molecule has 1 atom stereocenters. The zero-order valence-corrected chi connectivity index (χ0v) is 12.7. The number of nitrogens with one attached hydrogen (secondary N) is 1. The van der Waals surface area contributed by atoms with E-state index in [1.165, 1.54) is 34.8 Å². The molecule has 18 heavy (non-hydrogen) atoms. The van der Waals surface area contributed by atoms with Crippen molar-refractivity contribution in [3.63, 3.8) is 0 Å². The molecule has 0 aromatic carbocycles. The number of aromatic nitrogens is 1. The van der Waals surface area contributed by atoms with Gasteiger partial charge >= 0.3 is 0 Å². The quantitative estimate of drug-likeness (QED) is 0.888. The summed E-state index contributed by atoms with van der Waals surface area (Å²) in [4.78, 5) is 6.38. The van der Waals surface area contributed by atoms with Crippen LogP contribution < -0.4 is 5.32 Å². The first kappa shape index (κ1) is 14.0. The van der Waals surface area contributed by atoms with Crippen molar-refractivity contribution in [3.8, 4) is 0 Å². The minimum Gasteiger partial charge on any atom is -0.371 e. The van der Waals surface area contributed by atoms with E-state index in [9.17, 15) is 0 Å². The molecular formula is C14H24N2OS. The number of rotatable bonds is 5. The molecule has 1 heterocycles. The van der Waals surface area contributed by atoms with Crippen molar-refractivity contribution in [3.05, 3.63) is 15.6 Å². The molecule has 0 spiro atoms. The van der Waals surface area contributed by atoms with E-state index >= 15 is 0 Å². The fourth-order valence-electron chi connectivity index (χ4n) is 2.82. The van der Waals surface area contributed by atoms with Gasteiger partial charge in [0.25, 0.3) is 0 Å². The monoisotopic (exact) mass is 268 g/mol. The third-order valence-corrected chi connectivity index (χ3v) is 5.54. The molecule has 0 aliphatic heterocycles. The van der Waals surface area contributed by atoms with Gasteiger partial charge in [-0.25, -0.2) is 4.98 Å². The molecule has 0 saturated carbocycles. The third kappa shape index (κ3) is 2.22. The fraction of sp³-hybridized carbons (Fsp3) is 0.786. The van der Waals surface area contributed by atoms with Gasteiger partial charge in [-0.05, 0) is 39.2 Å². The predicted molar refractivity (Wildman–Crippen MR) is 76.1 cm³/mol. The van der Waals surface area contributed by atoms with Gasteiger partial charge in [0.1, 0.15) is 10.6 Å². The molecule has 1 aliphatic carbocycles. The van der Waals surface area contributed by atoms with E-state index in [2.05, 4.69) is 19.2 Å². The van der Waals surface area contributed by atoms with Crippen molar-refractivity contribution in [2.45, 2.75) is 57.6 Å². The number of hydrogen-bond donors (Lipinski definition) is 1. The summed E-state index contributed by atoms with van der Waals surface area (Å²) in [7, 11) is 3.84. The number of fused-ring (bicyclic) bond motifs is 1. The number of thiazole rings is 1. The molecular weight excluding hydrogens is 244 g/mol. The Kier molecular flexibility index (Phi) is 4.41. The normalized spacial score (nSPS) is 19.9. The van der Waals surface area contributed by atoms with Gasteiger partial charge < -0.3 is 10.1 Å². The van der Waals surface area contributed by atoms with Crippen LogP contribution in [0.3, 0.4) is 0 Å². The second kappa shape index (κ2) is 5.68. The van der Waals surface area contributed by atoms with Crippen molar-refractivity contribution in [1.82, 2.24) is 10.3 Å². The molecule has 2 rings (SSSR count). The Labute approximate surface area is 114 Å². The highest BCUT2D eigenvalue weighted by Gasteiger charge is 2.34. The van der Waals surface area contributed by atoms with Crippen LogP contribution in [0.15, 0.2) is 0 Å². The van der Waals surface area contributed by atoms with Gasteiger partial charge in [0.2, 0.25) is 0 Å². The second-order valence-electron chi connectivity index (χ2n) is 4.97. The lowest BCUT2D eigenvalue weighted by Crippen LogP contribution is -2.27. The highest BCUT2D eigenvalue weighted by Crippen LogP contribution is 2.40. The van der Waals surface area contributed by atoms with Crippen molar-refractivity contribution < 1.29 is 4.74 Å². The molecule has 0 amide bonds. The summed E-state index contributed by atoms with van der Waals surface area (Å²) in [5, 5.41) is 4.55. The summed E-state index contributed by atoms with van der Waals surface area (Å²) in [6.07, 6.45) is 5.61. The largest absolute Gasteiger partial charge is 0.371 e. The van der Waals surface area contributed by atoms with Crippen LogP contribution in [0.1, 0.15) is 61.2 Å². The van der Waals surface area contributed by atoms with E-state index in [0.717, 1.165) is 12.8 Å². The maximum atomic E-state index is 5.80. The molecule has 0 saturated heterocycles. The van der Waals surface area contributed by atoms with Crippen LogP contribution in [0.25, 0.3) is 0 Å². The average molecular weight is 268 g/mol. The third-order valence-electron chi connectivity index (χ3n) is 4.23. The molecule has 1 aromatic heterocycles. The summed E-state index contributed by atoms with van der Waals surface area (Å²) in [6, 6.07) is 0.432. The van der Waals surface area contributed by atoms with E-state index in [0.29, 0.717) is 6.04 Å². The molecule has 0 radical (unpaired) electrons. The Morgan fingerprint density at radius 1 is 1.44 bits per heavy atom. The Balaban J connectivity index is 2.39. The highest BCUT2D eigenvalue weighted by atomic mass is 32.1. The first-order valence-electron chi connectivity index (χ1n) is 6.93. The molecule has 4 heteroatoms. The summed E-state index contributed by atoms with van der Waals surface area (Å²) >= 11 is 1.86. The maximum absolute atomic E-state index is 5.80. The zero-order chi connectivity index (χ0) is 13.2. The summed E-state index contributed by atoms with van der Waals surface area (Å²) in [5.41, 5.74) is 1.09. The lowest BCUT2D eigenvalue weighted by atomic mass is 9.96. The minimum atomic E-state index is -0.180. The Hall–Kier alpha value is -0.450. The predicted octanol–water partition coefficient (Wildman–Crippen LogP) is 3.40. The Bertz CT molecular complexity index is 390. The van der Waals surface area contributed by atoms with E-state index in [1.54, 1.807) is 0 Å². The van der Waals surface area contributed by atoms with Gasteiger partial charge in [-0.15, -0.1) is 11.3 Å². The Morgan fingerprint density at radius 2 is 2.17 bits per heavy atom. The van der Waals surface area contributed by atoms with Crippen molar-refractivity contribution >= 4 is 11.3 Å². The highest BCUT2D eigenvalue weighted by molar-refractivity contribution is 7.11. The molecule has 0 bridgehead atoms. The van der Waals surface area contributed by atoms with Crippen molar-refractivity contribution in [1.29, 1.82) is 0 Å². The average Bonchev–Trinajstić information content (AvgIpc) is 2.85.